The van der Waals surface area contributed by atoms with E-state index in [1.54, 1.807) is 30.3 Å². The lowest BCUT2D eigenvalue weighted by atomic mass is 10.1. The van der Waals surface area contributed by atoms with Gasteiger partial charge in [0.1, 0.15) is 11.3 Å². The number of carbonyl (C=O) groups is 1. The largest absolute Gasteiger partial charge is 0.411 e. The van der Waals surface area contributed by atoms with Crippen LogP contribution in [0.25, 0.3) is 0 Å². The summed E-state index contributed by atoms with van der Waals surface area (Å²) < 4.78 is 0. The van der Waals surface area contributed by atoms with Crippen LogP contribution in [0.1, 0.15) is 15.9 Å². The van der Waals surface area contributed by atoms with Crippen molar-refractivity contribution in [3.05, 3.63) is 75.8 Å². The van der Waals surface area contributed by atoms with Gasteiger partial charge in [-0.2, -0.15) is 5.10 Å². The molecule has 0 unspecified atom stereocenters. The third-order valence-corrected chi connectivity index (χ3v) is 2.87. The van der Waals surface area contributed by atoms with E-state index in [-0.39, 0.29) is 17.0 Å². The maximum atomic E-state index is 12.1. The van der Waals surface area contributed by atoms with Crippen molar-refractivity contribution < 1.29 is 14.9 Å². The van der Waals surface area contributed by atoms with Gasteiger partial charge in [-0.1, -0.05) is 47.6 Å². The van der Waals surface area contributed by atoms with Gasteiger partial charge in [0.25, 0.3) is 11.6 Å². The van der Waals surface area contributed by atoms with Crippen LogP contribution in [0.2, 0.25) is 0 Å². The van der Waals surface area contributed by atoms with Crippen molar-refractivity contribution in [2.24, 2.45) is 10.3 Å². The predicted molar refractivity (Wildman–Crippen MR) is 83.8 cm³/mol. The number of nitrogens with one attached hydrogen (secondary N) is 1. The summed E-state index contributed by atoms with van der Waals surface area (Å²) in [5, 5.41) is 26.3. The van der Waals surface area contributed by atoms with E-state index in [1.165, 1.54) is 24.3 Å². The minimum absolute atomic E-state index is 0.116. The van der Waals surface area contributed by atoms with Crippen molar-refractivity contribution in [2.45, 2.75) is 0 Å². The number of rotatable bonds is 5. The Kier molecular flexibility index (Phi) is 5.13. The van der Waals surface area contributed by atoms with Crippen LogP contribution in [0.15, 0.2) is 64.9 Å². The molecule has 8 heteroatoms. The van der Waals surface area contributed by atoms with Crippen LogP contribution in [0, 0.1) is 10.1 Å². The molecule has 0 bridgehead atoms. The van der Waals surface area contributed by atoms with Gasteiger partial charge in [-0.25, -0.2) is 5.43 Å². The van der Waals surface area contributed by atoms with E-state index in [2.05, 4.69) is 15.7 Å². The normalized spacial score (nSPS) is 11.4. The first kappa shape index (κ1) is 15.8. The maximum absolute atomic E-state index is 12.1. The zero-order valence-electron chi connectivity index (χ0n) is 11.8. The van der Waals surface area contributed by atoms with Gasteiger partial charge in [0.15, 0.2) is 0 Å². The van der Waals surface area contributed by atoms with Crippen LogP contribution in [-0.2, 0) is 0 Å². The molecule has 0 aromatic heterocycles. The fraction of sp³-hybridized carbons (Fsp3) is 0. The topological polar surface area (TPSA) is 117 Å². The molecule has 1 amide bonds. The second-order valence-corrected chi connectivity index (χ2v) is 4.32. The Morgan fingerprint density at radius 2 is 1.78 bits per heavy atom. The molecule has 2 aromatic rings. The second-order valence-electron chi connectivity index (χ2n) is 4.32. The average molecular weight is 312 g/mol. The molecule has 0 heterocycles. The van der Waals surface area contributed by atoms with Crippen LogP contribution in [0.5, 0.6) is 0 Å². The number of hydrogen-bond donors (Lipinski definition) is 2. The summed E-state index contributed by atoms with van der Waals surface area (Å²) in [5.74, 6) is -0.739. The molecular weight excluding hydrogens is 300 g/mol. The smallest absolute Gasteiger partial charge is 0.282 e. The quantitative estimate of drug-likeness (QED) is 0.381. The van der Waals surface area contributed by atoms with Crippen molar-refractivity contribution in [3.8, 4) is 0 Å². The standard InChI is InChI=1S/C15H12N4O4/c20-15(12-8-4-5-9-14(12)19(22)23)18-17-13(10-16-21)11-6-2-1-3-7-11/h1-10,21H,(H,18,20)/b16-10+,17-13+. The molecule has 0 aliphatic carbocycles. The Morgan fingerprint density at radius 3 is 2.43 bits per heavy atom. The van der Waals surface area contributed by atoms with Gasteiger partial charge in [0, 0.05) is 11.6 Å². The minimum atomic E-state index is -0.739. The van der Waals surface area contributed by atoms with E-state index < -0.39 is 10.8 Å². The Balaban J connectivity index is 2.27. The molecule has 2 rings (SSSR count). The average Bonchev–Trinajstić information content (AvgIpc) is 2.59. The zero-order valence-corrected chi connectivity index (χ0v) is 11.8. The van der Waals surface area contributed by atoms with E-state index in [9.17, 15) is 14.9 Å². The Bertz CT molecular complexity index is 772. The van der Waals surface area contributed by atoms with Crippen molar-refractivity contribution in [1.29, 1.82) is 0 Å². The minimum Gasteiger partial charge on any atom is -0.411 e. The molecule has 0 aliphatic rings. The first-order chi connectivity index (χ1) is 11.1. The van der Waals surface area contributed by atoms with Crippen LogP contribution < -0.4 is 5.43 Å². The van der Waals surface area contributed by atoms with Crippen molar-refractivity contribution in [3.63, 3.8) is 0 Å². The molecule has 2 N–H and O–H groups in total. The summed E-state index contributed by atoms with van der Waals surface area (Å²) >= 11 is 0. The lowest BCUT2D eigenvalue weighted by Crippen LogP contribution is -2.21. The van der Waals surface area contributed by atoms with Gasteiger partial charge in [0.05, 0.1) is 11.1 Å². The summed E-state index contributed by atoms with van der Waals surface area (Å²) in [7, 11) is 0. The van der Waals surface area contributed by atoms with Crippen LogP contribution in [-0.4, -0.2) is 28.0 Å². The number of amides is 1. The molecule has 0 radical (unpaired) electrons. The molecule has 2 aromatic carbocycles. The van der Waals surface area contributed by atoms with Crippen LogP contribution >= 0.6 is 0 Å². The van der Waals surface area contributed by atoms with Gasteiger partial charge in [0.2, 0.25) is 0 Å². The van der Waals surface area contributed by atoms with Gasteiger partial charge >= 0.3 is 0 Å². The molecule has 0 saturated heterocycles. The Hall–Kier alpha value is -3.55. The number of nitro benzene ring substituents is 1. The zero-order chi connectivity index (χ0) is 16.7. The highest BCUT2D eigenvalue weighted by Gasteiger charge is 2.18. The van der Waals surface area contributed by atoms with Gasteiger partial charge in [-0.3, -0.25) is 14.9 Å². The molecule has 0 aliphatic heterocycles. The summed E-state index contributed by atoms with van der Waals surface area (Å²) in [6.45, 7) is 0. The third kappa shape index (κ3) is 3.97. The van der Waals surface area contributed by atoms with E-state index >= 15 is 0 Å². The van der Waals surface area contributed by atoms with Crippen LogP contribution in [0.3, 0.4) is 0 Å². The third-order valence-electron chi connectivity index (χ3n) is 2.87. The fourth-order valence-corrected chi connectivity index (χ4v) is 1.83. The maximum Gasteiger partial charge on any atom is 0.282 e. The Labute approximate surface area is 130 Å². The number of oxime groups is 1. The van der Waals surface area contributed by atoms with Gasteiger partial charge in [-0.05, 0) is 6.07 Å². The summed E-state index contributed by atoms with van der Waals surface area (Å²) in [6.07, 6.45) is 1.05. The molecule has 116 valence electrons. The molecule has 23 heavy (non-hydrogen) atoms. The molecule has 0 fully saturated rings. The SMILES string of the molecule is O=C(N/N=C(\C=N\O)c1ccccc1)c1ccccc1[N+](=O)[O-]. The number of hydrogen-bond acceptors (Lipinski definition) is 6. The van der Waals surface area contributed by atoms with E-state index in [0.717, 1.165) is 6.21 Å². The first-order valence-electron chi connectivity index (χ1n) is 6.48. The molecule has 0 saturated carbocycles. The lowest BCUT2D eigenvalue weighted by molar-refractivity contribution is -0.385. The van der Waals surface area contributed by atoms with Crippen LogP contribution in [0.4, 0.5) is 5.69 Å². The predicted octanol–water partition coefficient (Wildman–Crippen LogP) is 2.19. The van der Waals surface area contributed by atoms with Gasteiger partial charge < -0.3 is 5.21 Å². The summed E-state index contributed by atoms with van der Waals surface area (Å²) in [6, 6.07) is 14.2. The van der Waals surface area contributed by atoms with Gasteiger partial charge in [-0.15, -0.1) is 0 Å². The lowest BCUT2D eigenvalue weighted by Gasteiger charge is -2.03. The first-order valence-corrected chi connectivity index (χ1v) is 6.48. The fourth-order valence-electron chi connectivity index (χ4n) is 1.83. The second kappa shape index (κ2) is 7.46. The monoisotopic (exact) mass is 312 g/mol. The molecular formula is C15H12N4O4. The summed E-state index contributed by atoms with van der Waals surface area (Å²) in [4.78, 5) is 22.4. The van der Waals surface area contributed by atoms with E-state index in [1.807, 2.05) is 0 Å². The number of nitrogens with zero attached hydrogens (tertiary/aromatic N) is 3. The van der Waals surface area contributed by atoms with E-state index in [0.29, 0.717) is 5.56 Å². The number of carbonyl (C=O) groups excluding carboxylic acids is 1. The van der Waals surface area contributed by atoms with Crippen molar-refractivity contribution in [1.82, 2.24) is 5.43 Å². The number of benzene rings is 2. The highest BCUT2D eigenvalue weighted by molar-refractivity contribution is 6.38. The molecule has 0 atom stereocenters. The number of para-hydroxylation sites is 1. The summed E-state index contributed by atoms with van der Waals surface area (Å²) in [5.41, 5.74) is 2.58. The highest BCUT2D eigenvalue weighted by atomic mass is 16.6. The number of nitro groups is 1. The molecule has 0 spiro atoms. The molecule has 8 nitrogen and oxygen atoms in total. The Morgan fingerprint density at radius 1 is 1.13 bits per heavy atom. The van der Waals surface area contributed by atoms with Crippen molar-refractivity contribution in [2.75, 3.05) is 0 Å². The number of hydrazone groups is 1. The van der Waals surface area contributed by atoms with E-state index in [4.69, 9.17) is 5.21 Å². The highest BCUT2D eigenvalue weighted by Crippen LogP contribution is 2.17. The van der Waals surface area contributed by atoms with Crippen molar-refractivity contribution >= 4 is 23.5 Å².